The van der Waals surface area contributed by atoms with Gasteiger partial charge in [-0.15, -0.1) is 11.8 Å². The molecule has 2 heterocycles. The van der Waals surface area contributed by atoms with Gasteiger partial charge in [0.2, 0.25) is 0 Å². The van der Waals surface area contributed by atoms with Crippen molar-refractivity contribution in [1.82, 2.24) is 10.3 Å². The summed E-state index contributed by atoms with van der Waals surface area (Å²) in [6.07, 6.45) is 5.78. The third-order valence-electron chi connectivity index (χ3n) is 3.80. The van der Waals surface area contributed by atoms with Gasteiger partial charge in [0.05, 0.1) is 11.3 Å². The number of alkyl carbamates (subject to hydrolysis) is 1. The van der Waals surface area contributed by atoms with Crippen LogP contribution in [0, 0.1) is 0 Å². The summed E-state index contributed by atoms with van der Waals surface area (Å²) in [7, 11) is 0. The molecule has 1 aromatic heterocycles. The van der Waals surface area contributed by atoms with Crippen LogP contribution in [0.1, 0.15) is 44.0 Å². The molecule has 6 nitrogen and oxygen atoms in total. The average molecular weight is 351 g/mol. The lowest BCUT2D eigenvalue weighted by atomic mass is 10.0. The summed E-state index contributed by atoms with van der Waals surface area (Å²) in [6.45, 7) is 7.10. The molecule has 1 aliphatic heterocycles. The number of aromatic nitrogens is 1. The molecule has 0 bridgehead atoms. The minimum absolute atomic E-state index is 0.0950. The van der Waals surface area contributed by atoms with E-state index >= 15 is 0 Å². The van der Waals surface area contributed by atoms with E-state index in [0.29, 0.717) is 5.56 Å². The summed E-state index contributed by atoms with van der Waals surface area (Å²) in [5.74, 6) is 0. The van der Waals surface area contributed by atoms with Crippen molar-refractivity contribution < 1.29 is 14.3 Å². The Morgan fingerprint density at radius 1 is 1.42 bits per heavy atom. The Morgan fingerprint density at radius 2 is 2.08 bits per heavy atom. The number of nitrogens with one attached hydrogen (secondary N) is 1. The lowest BCUT2D eigenvalue weighted by molar-refractivity contribution is 0.0497. The highest BCUT2D eigenvalue weighted by Crippen LogP contribution is 2.28. The number of aldehydes is 1. The fourth-order valence-corrected chi connectivity index (χ4v) is 3.27. The normalized spacial score (nSPS) is 15.9. The Morgan fingerprint density at radius 3 is 2.62 bits per heavy atom. The molecule has 0 atom stereocenters. The van der Waals surface area contributed by atoms with Crippen molar-refractivity contribution >= 4 is 29.8 Å². The molecule has 0 unspecified atom stereocenters. The highest BCUT2D eigenvalue weighted by molar-refractivity contribution is 7.98. The molecule has 0 saturated carbocycles. The van der Waals surface area contributed by atoms with Crippen LogP contribution in [-0.2, 0) is 4.74 Å². The third-order valence-corrected chi connectivity index (χ3v) is 4.51. The van der Waals surface area contributed by atoms with Gasteiger partial charge in [-0.05, 0) is 45.9 Å². The average Bonchev–Trinajstić information content (AvgIpc) is 2.53. The summed E-state index contributed by atoms with van der Waals surface area (Å²) in [4.78, 5) is 29.7. The van der Waals surface area contributed by atoms with Gasteiger partial charge in [0.1, 0.15) is 10.6 Å². The number of amides is 1. The quantitative estimate of drug-likeness (QED) is 0.664. The number of hydrogen-bond acceptors (Lipinski definition) is 6. The lowest BCUT2D eigenvalue weighted by Crippen LogP contribution is -2.46. The summed E-state index contributed by atoms with van der Waals surface area (Å²) < 4.78 is 5.30. The maximum atomic E-state index is 11.9. The van der Waals surface area contributed by atoms with Crippen molar-refractivity contribution in [2.24, 2.45) is 0 Å². The van der Waals surface area contributed by atoms with Gasteiger partial charge >= 0.3 is 6.09 Å². The van der Waals surface area contributed by atoms with Gasteiger partial charge in [0, 0.05) is 25.3 Å². The van der Waals surface area contributed by atoms with Crippen LogP contribution in [0.15, 0.2) is 17.3 Å². The van der Waals surface area contributed by atoms with Crippen LogP contribution >= 0.6 is 11.8 Å². The van der Waals surface area contributed by atoms with Crippen LogP contribution in [0.25, 0.3) is 0 Å². The van der Waals surface area contributed by atoms with Gasteiger partial charge in [0.15, 0.2) is 6.29 Å². The van der Waals surface area contributed by atoms with E-state index in [0.717, 1.165) is 42.9 Å². The summed E-state index contributed by atoms with van der Waals surface area (Å²) >= 11 is 1.47. The number of nitrogens with zero attached hydrogens (tertiary/aromatic N) is 2. The van der Waals surface area contributed by atoms with E-state index < -0.39 is 5.60 Å². The van der Waals surface area contributed by atoms with Crippen LogP contribution < -0.4 is 10.2 Å². The predicted molar refractivity (Wildman–Crippen MR) is 96.0 cm³/mol. The van der Waals surface area contributed by atoms with E-state index in [9.17, 15) is 9.59 Å². The van der Waals surface area contributed by atoms with E-state index in [1.807, 2.05) is 33.1 Å². The molecule has 1 fully saturated rings. The van der Waals surface area contributed by atoms with Gasteiger partial charge < -0.3 is 15.0 Å². The third kappa shape index (κ3) is 4.87. The number of thioether (sulfide) groups is 1. The minimum Gasteiger partial charge on any atom is -0.444 e. The first-order valence-electron chi connectivity index (χ1n) is 8.06. The maximum Gasteiger partial charge on any atom is 0.407 e. The second kappa shape index (κ2) is 7.88. The lowest BCUT2D eigenvalue weighted by Gasteiger charge is -2.35. The molecule has 7 heteroatoms. The standard InChI is InChI=1S/C17H25N3O3S/c1-17(2,3)23-16(22)19-12-6-9-20(10-7-12)14-5-8-18-15(24-4)13(14)11-21/h5,8,11-12H,6-7,9-10H2,1-4H3,(H,19,22). The molecule has 132 valence electrons. The predicted octanol–water partition coefficient (Wildman–Crippen LogP) is 3.11. The largest absolute Gasteiger partial charge is 0.444 e. The van der Waals surface area contributed by atoms with Gasteiger partial charge in [-0.1, -0.05) is 0 Å². The number of hydrogen-bond donors (Lipinski definition) is 1. The van der Waals surface area contributed by atoms with Crippen molar-refractivity contribution in [2.45, 2.75) is 50.3 Å². The molecule has 1 aliphatic rings. The summed E-state index contributed by atoms with van der Waals surface area (Å²) in [5.41, 5.74) is 1.07. The van der Waals surface area contributed by atoms with Gasteiger partial charge in [-0.2, -0.15) is 0 Å². The molecule has 2 rings (SSSR count). The number of carbonyl (C=O) groups excluding carboxylic acids is 2. The molecule has 0 radical (unpaired) electrons. The van der Waals surface area contributed by atoms with E-state index in [2.05, 4.69) is 15.2 Å². The van der Waals surface area contributed by atoms with Gasteiger partial charge in [-0.3, -0.25) is 4.79 Å². The molecule has 0 aliphatic carbocycles. The Bertz CT molecular complexity index is 593. The van der Waals surface area contributed by atoms with Crippen molar-refractivity contribution in [3.05, 3.63) is 17.8 Å². The van der Waals surface area contributed by atoms with Crippen molar-refractivity contribution in [3.63, 3.8) is 0 Å². The smallest absolute Gasteiger partial charge is 0.407 e. The summed E-state index contributed by atoms with van der Waals surface area (Å²) in [5, 5.41) is 3.67. The monoisotopic (exact) mass is 351 g/mol. The minimum atomic E-state index is -0.491. The number of ether oxygens (including phenoxy) is 1. The van der Waals surface area contributed by atoms with Gasteiger partial charge in [0.25, 0.3) is 0 Å². The van der Waals surface area contributed by atoms with E-state index in [-0.39, 0.29) is 12.1 Å². The molecule has 1 aromatic rings. The van der Waals surface area contributed by atoms with Crippen molar-refractivity contribution in [2.75, 3.05) is 24.2 Å². The second-order valence-corrected chi connectivity index (χ2v) is 7.57. The molecule has 24 heavy (non-hydrogen) atoms. The second-order valence-electron chi connectivity index (χ2n) is 6.78. The van der Waals surface area contributed by atoms with Gasteiger partial charge in [-0.25, -0.2) is 9.78 Å². The Balaban J connectivity index is 1.96. The summed E-state index contributed by atoms with van der Waals surface area (Å²) in [6, 6.07) is 1.98. The Labute approximate surface area is 147 Å². The number of rotatable bonds is 4. The molecule has 1 amide bonds. The molecule has 1 N–H and O–H groups in total. The fourth-order valence-electron chi connectivity index (χ4n) is 2.73. The highest BCUT2D eigenvalue weighted by atomic mass is 32.2. The Hall–Kier alpha value is -1.76. The fraction of sp³-hybridized carbons (Fsp3) is 0.588. The zero-order chi connectivity index (χ0) is 17.7. The van der Waals surface area contributed by atoms with E-state index in [4.69, 9.17) is 4.74 Å². The first-order valence-corrected chi connectivity index (χ1v) is 9.29. The number of anilines is 1. The van der Waals surface area contributed by atoms with Crippen LogP contribution in [0.3, 0.4) is 0 Å². The SMILES string of the molecule is CSc1nccc(N2CCC(NC(=O)OC(C)(C)C)CC2)c1C=O. The number of carbonyl (C=O) groups is 2. The van der Waals surface area contributed by atoms with Crippen LogP contribution in [0.5, 0.6) is 0 Å². The number of pyridine rings is 1. The molecule has 0 spiro atoms. The number of piperidine rings is 1. The zero-order valence-corrected chi connectivity index (χ0v) is 15.5. The van der Waals surface area contributed by atoms with Crippen molar-refractivity contribution in [1.29, 1.82) is 0 Å². The van der Waals surface area contributed by atoms with E-state index in [1.54, 1.807) is 6.20 Å². The first kappa shape index (κ1) is 18.6. The first-order chi connectivity index (χ1) is 11.3. The topological polar surface area (TPSA) is 71.5 Å². The highest BCUT2D eigenvalue weighted by Gasteiger charge is 2.25. The van der Waals surface area contributed by atoms with E-state index in [1.165, 1.54) is 11.8 Å². The maximum absolute atomic E-state index is 11.9. The zero-order valence-electron chi connectivity index (χ0n) is 14.7. The van der Waals surface area contributed by atoms with Crippen LogP contribution in [0.2, 0.25) is 0 Å². The molecular weight excluding hydrogens is 326 g/mol. The Kier molecular flexibility index (Phi) is 6.10. The van der Waals surface area contributed by atoms with Crippen LogP contribution in [0.4, 0.5) is 10.5 Å². The van der Waals surface area contributed by atoms with Crippen molar-refractivity contribution in [3.8, 4) is 0 Å². The molecule has 0 aromatic carbocycles. The molecule has 1 saturated heterocycles. The molecular formula is C17H25N3O3S. The van der Waals surface area contributed by atoms with Crippen LogP contribution in [-0.4, -0.2) is 48.4 Å².